The van der Waals surface area contributed by atoms with Gasteiger partial charge in [0.2, 0.25) is 0 Å². The van der Waals surface area contributed by atoms with Gasteiger partial charge in [-0.1, -0.05) is 30.7 Å². The highest BCUT2D eigenvalue weighted by atomic mass is 16.6. The molecular formula is C29H62N6O9. The predicted molar refractivity (Wildman–Crippen MR) is 173 cm³/mol. The van der Waals surface area contributed by atoms with E-state index >= 15 is 0 Å². The molecule has 44 heavy (non-hydrogen) atoms. The van der Waals surface area contributed by atoms with Gasteiger partial charge in [-0.3, -0.25) is 0 Å². The van der Waals surface area contributed by atoms with Gasteiger partial charge in [-0.05, 0) is 51.3 Å². The lowest BCUT2D eigenvalue weighted by atomic mass is 10.1. The number of rotatable bonds is 29. The van der Waals surface area contributed by atoms with Crippen LogP contribution in [0, 0.1) is 0 Å². The number of nitrogens with zero attached hydrogens (tertiary/aromatic N) is 6. The number of hydrogen-bond donors (Lipinski definition) is 0. The first-order valence-corrected chi connectivity index (χ1v) is 14.1. The lowest BCUT2D eigenvalue weighted by Crippen LogP contribution is -2.29. The van der Waals surface area contributed by atoms with Crippen molar-refractivity contribution in [3.8, 4) is 0 Å². The molecule has 15 nitrogen and oxygen atoms in total. The zero-order chi connectivity index (χ0) is 31.6. The van der Waals surface area contributed by atoms with Crippen molar-refractivity contribution in [1.82, 2.24) is 0 Å². The van der Waals surface area contributed by atoms with Gasteiger partial charge in [0.05, 0.1) is 111 Å². The fourth-order valence-electron chi connectivity index (χ4n) is 2.37. The normalized spacial score (nSPS) is 10.3. The second-order valence-electron chi connectivity index (χ2n) is 9.43. The molecule has 15 heteroatoms. The van der Waals surface area contributed by atoms with Crippen LogP contribution in [0.1, 0.15) is 49.5 Å². The number of ether oxygens (including phenoxy) is 9. The van der Waals surface area contributed by atoms with Crippen LogP contribution in [0.5, 0.6) is 0 Å². The monoisotopic (exact) mass is 638 g/mol. The molecule has 0 heterocycles. The Morgan fingerprint density at radius 2 is 0.864 bits per heavy atom. The molecule has 0 N–H and O–H groups in total. The van der Waals surface area contributed by atoms with Crippen LogP contribution >= 0.6 is 0 Å². The standard InChI is InChI=1S/C14H27N3O4.C13H27N3O5.2CH4/c1-13(2)14(3)12-21-11-10-20-9-8-19-7-6-18-5-4-16-17-15;1-13(2,17-3)12-21-11-10-20-9-8-19-7-6-18-5-4-15-16-14;;/h2*4-12H2,1-3H3;2*1H4. The van der Waals surface area contributed by atoms with Crippen molar-refractivity contribution in [2.45, 2.75) is 55.1 Å². The van der Waals surface area contributed by atoms with Crippen LogP contribution in [0.2, 0.25) is 0 Å². The van der Waals surface area contributed by atoms with Crippen molar-refractivity contribution >= 4 is 0 Å². The minimum atomic E-state index is -0.262. The highest BCUT2D eigenvalue weighted by molar-refractivity contribution is 5.06. The van der Waals surface area contributed by atoms with Crippen LogP contribution < -0.4 is 0 Å². The van der Waals surface area contributed by atoms with Gasteiger partial charge in [0.1, 0.15) is 0 Å². The largest absolute Gasteiger partial charge is 0.379 e. The molecule has 0 spiro atoms. The Morgan fingerprint density at radius 3 is 1.18 bits per heavy atom. The first-order valence-electron chi connectivity index (χ1n) is 14.1. The first-order chi connectivity index (χ1) is 20.3. The topological polar surface area (TPSA) is 181 Å². The average molecular weight is 639 g/mol. The van der Waals surface area contributed by atoms with E-state index in [0.29, 0.717) is 119 Å². The molecule has 0 radical (unpaired) electrons. The summed E-state index contributed by atoms with van der Waals surface area (Å²) in [4.78, 5) is 5.25. The molecule has 0 atom stereocenters. The fourth-order valence-corrected chi connectivity index (χ4v) is 2.37. The van der Waals surface area contributed by atoms with Crippen molar-refractivity contribution in [2.24, 2.45) is 10.2 Å². The summed E-state index contributed by atoms with van der Waals surface area (Å²) in [7, 11) is 1.66. The molecule has 0 saturated carbocycles. The zero-order valence-corrected chi connectivity index (χ0v) is 26.6. The Labute approximate surface area is 266 Å². The SMILES string of the molecule is C.C.CC(C)=C(C)COCCOCCOCCOCCN=[N+]=[N-].COC(C)(C)COCCOCCOCCOCCN=[N+]=[N-]. The van der Waals surface area contributed by atoms with Crippen LogP contribution in [-0.4, -0.2) is 132 Å². The molecule has 0 bridgehead atoms. The predicted octanol–water partition coefficient (Wildman–Crippen LogP) is 5.78. The van der Waals surface area contributed by atoms with Crippen LogP contribution in [0.4, 0.5) is 0 Å². The minimum absolute atomic E-state index is 0. The lowest BCUT2D eigenvalue weighted by molar-refractivity contribution is -0.0643. The summed E-state index contributed by atoms with van der Waals surface area (Å²) in [5.41, 5.74) is 18.4. The third kappa shape index (κ3) is 42.1. The maximum absolute atomic E-state index is 8.05. The molecule has 262 valence electrons. The number of hydrogen-bond acceptors (Lipinski definition) is 11. The summed E-state index contributed by atoms with van der Waals surface area (Å²) < 4.78 is 47.8. The van der Waals surface area contributed by atoms with Gasteiger partial charge in [0.25, 0.3) is 0 Å². The molecule has 0 aliphatic rings. The zero-order valence-electron chi connectivity index (χ0n) is 26.6. The van der Waals surface area contributed by atoms with Crippen LogP contribution in [0.15, 0.2) is 21.4 Å². The summed E-state index contributed by atoms with van der Waals surface area (Å²) in [6.45, 7) is 19.2. The Balaban J connectivity index is -0.000000348. The van der Waals surface area contributed by atoms with Crippen molar-refractivity contribution in [2.75, 3.05) is 126 Å². The third-order valence-corrected chi connectivity index (χ3v) is 5.20. The molecule has 0 unspecified atom stereocenters. The van der Waals surface area contributed by atoms with Crippen molar-refractivity contribution in [3.63, 3.8) is 0 Å². The quantitative estimate of drug-likeness (QED) is 0.0322. The maximum Gasteiger partial charge on any atom is 0.0855 e. The second-order valence-corrected chi connectivity index (χ2v) is 9.43. The molecule has 0 aromatic rings. The molecule has 0 aliphatic heterocycles. The highest BCUT2D eigenvalue weighted by Gasteiger charge is 2.15. The molecule has 0 aromatic carbocycles. The van der Waals surface area contributed by atoms with E-state index in [0.717, 1.165) is 0 Å². The van der Waals surface area contributed by atoms with Gasteiger partial charge in [0, 0.05) is 30.0 Å². The van der Waals surface area contributed by atoms with Gasteiger partial charge in [-0.2, -0.15) is 0 Å². The Morgan fingerprint density at radius 1 is 0.545 bits per heavy atom. The van der Waals surface area contributed by atoms with Gasteiger partial charge >= 0.3 is 0 Å². The maximum atomic E-state index is 8.05. The van der Waals surface area contributed by atoms with E-state index in [1.807, 2.05) is 13.8 Å². The second kappa shape index (κ2) is 39.0. The summed E-state index contributed by atoms with van der Waals surface area (Å²) in [5, 5.41) is 6.71. The molecule has 0 aromatic heterocycles. The van der Waals surface area contributed by atoms with Crippen molar-refractivity contribution in [1.29, 1.82) is 0 Å². The van der Waals surface area contributed by atoms with Gasteiger partial charge in [0.15, 0.2) is 0 Å². The molecule has 0 saturated heterocycles. The Bertz CT molecular complexity index is 728. The third-order valence-electron chi connectivity index (χ3n) is 5.20. The van der Waals surface area contributed by atoms with E-state index in [-0.39, 0.29) is 20.5 Å². The van der Waals surface area contributed by atoms with Crippen LogP contribution in [-0.2, 0) is 42.6 Å². The van der Waals surface area contributed by atoms with E-state index in [4.69, 9.17) is 53.7 Å². The summed E-state index contributed by atoms with van der Waals surface area (Å²) in [6, 6.07) is 0. The smallest absolute Gasteiger partial charge is 0.0855 e. The molecule has 0 aliphatic carbocycles. The van der Waals surface area contributed by atoms with Crippen molar-refractivity contribution < 1.29 is 42.6 Å². The van der Waals surface area contributed by atoms with Gasteiger partial charge in [-0.15, -0.1) is 0 Å². The van der Waals surface area contributed by atoms with Crippen LogP contribution in [0.25, 0.3) is 20.9 Å². The first kappa shape index (κ1) is 48.9. The van der Waals surface area contributed by atoms with E-state index in [1.54, 1.807) is 7.11 Å². The summed E-state index contributed by atoms with van der Waals surface area (Å²) >= 11 is 0. The van der Waals surface area contributed by atoms with Gasteiger partial charge < -0.3 is 42.6 Å². The van der Waals surface area contributed by atoms with E-state index in [2.05, 4.69) is 40.8 Å². The van der Waals surface area contributed by atoms with E-state index < -0.39 is 0 Å². The number of methoxy groups -OCH3 is 1. The van der Waals surface area contributed by atoms with Crippen LogP contribution in [0.3, 0.4) is 0 Å². The molecule has 0 amide bonds. The summed E-state index contributed by atoms with van der Waals surface area (Å²) in [6.07, 6.45) is 0. The van der Waals surface area contributed by atoms with Gasteiger partial charge in [-0.25, -0.2) is 0 Å². The number of azide groups is 2. The Kier molecular flexibility index (Phi) is 43.4. The highest BCUT2D eigenvalue weighted by Crippen LogP contribution is 2.07. The fraction of sp³-hybridized carbons (Fsp3) is 0.931. The molecule has 0 rings (SSSR count). The molecule has 0 fully saturated rings. The summed E-state index contributed by atoms with van der Waals surface area (Å²) in [5.74, 6) is 0. The Hall–Kier alpha value is -2.00. The van der Waals surface area contributed by atoms with E-state index in [9.17, 15) is 0 Å². The average Bonchev–Trinajstić information content (AvgIpc) is 2.97. The number of allylic oxidation sites excluding steroid dienone is 1. The van der Waals surface area contributed by atoms with E-state index in [1.165, 1.54) is 11.1 Å². The van der Waals surface area contributed by atoms with Crippen molar-refractivity contribution in [3.05, 3.63) is 32.0 Å². The lowest BCUT2D eigenvalue weighted by Gasteiger charge is -2.22. The molecular weight excluding hydrogens is 576 g/mol. The minimum Gasteiger partial charge on any atom is -0.379 e.